The molecule has 0 aliphatic carbocycles. The third kappa shape index (κ3) is 7.33. The molecule has 8 heteroatoms. The monoisotopic (exact) mass is 475 g/mol. The van der Waals surface area contributed by atoms with Gasteiger partial charge in [-0.15, -0.1) is 0 Å². The first-order valence-electron chi connectivity index (χ1n) is 11.1. The Labute approximate surface area is 204 Å². The summed E-state index contributed by atoms with van der Waals surface area (Å²) in [5.74, 6) is 0.947. The van der Waals surface area contributed by atoms with Gasteiger partial charge in [-0.25, -0.2) is 5.43 Å². The summed E-state index contributed by atoms with van der Waals surface area (Å²) >= 11 is 0. The van der Waals surface area contributed by atoms with Crippen LogP contribution in [-0.2, 0) is 4.79 Å². The van der Waals surface area contributed by atoms with E-state index in [4.69, 9.17) is 14.2 Å². The van der Waals surface area contributed by atoms with Crippen molar-refractivity contribution in [1.29, 1.82) is 0 Å². The maximum atomic E-state index is 12.3. The highest BCUT2D eigenvalue weighted by molar-refractivity contribution is 5.95. The molecule has 2 amide bonds. The fourth-order valence-electron chi connectivity index (χ4n) is 3.12. The van der Waals surface area contributed by atoms with Crippen LogP contribution >= 0.6 is 0 Å². The van der Waals surface area contributed by atoms with Crippen LogP contribution in [0.15, 0.2) is 65.8 Å². The van der Waals surface area contributed by atoms with E-state index < -0.39 is 0 Å². The van der Waals surface area contributed by atoms with Crippen molar-refractivity contribution >= 4 is 23.7 Å². The van der Waals surface area contributed by atoms with E-state index in [2.05, 4.69) is 15.8 Å². The molecule has 3 rings (SSSR count). The molecule has 0 aliphatic heterocycles. The molecule has 0 bridgehead atoms. The highest BCUT2D eigenvalue weighted by Gasteiger charge is 2.10. The lowest BCUT2D eigenvalue weighted by Crippen LogP contribution is -2.20. The molecule has 35 heavy (non-hydrogen) atoms. The molecule has 0 fully saturated rings. The minimum atomic E-state index is -0.344. The van der Waals surface area contributed by atoms with Crippen LogP contribution in [0.25, 0.3) is 0 Å². The number of carbonyl (C=O) groups excluding carboxylic acids is 2. The van der Waals surface area contributed by atoms with E-state index in [1.165, 1.54) is 6.21 Å². The Bertz CT molecular complexity index is 1210. The first kappa shape index (κ1) is 25.3. The molecule has 0 spiro atoms. The van der Waals surface area contributed by atoms with E-state index in [-0.39, 0.29) is 18.4 Å². The molecular formula is C27H29N3O5. The zero-order chi connectivity index (χ0) is 25.2. The number of ether oxygens (including phenoxy) is 3. The number of aryl methyl sites for hydroxylation is 2. The van der Waals surface area contributed by atoms with Crippen LogP contribution in [0.1, 0.15) is 34.0 Å². The second-order valence-electron chi connectivity index (χ2n) is 7.70. The number of rotatable bonds is 10. The van der Waals surface area contributed by atoms with Crippen molar-refractivity contribution in [2.24, 2.45) is 5.10 Å². The smallest absolute Gasteiger partial charge is 0.271 e. The third-order valence-corrected chi connectivity index (χ3v) is 5.15. The van der Waals surface area contributed by atoms with Crippen LogP contribution in [0.2, 0.25) is 0 Å². The second-order valence-corrected chi connectivity index (χ2v) is 7.70. The maximum Gasteiger partial charge on any atom is 0.271 e. The van der Waals surface area contributed by atoms with Gasteiger partial charge in [0.25, 0.3) is 11.8 Å². The minimum absolute atomic E-state index is 0.168. The topological polar surface area (TPSA) is 98.2 Å². The molecule has 0 saturated heterocycles. The van der Waals surface area contributed by atoms with E-state index in [1.807, 2.05) is 39.0 Å². The molecule has 0 saturated carbocycles. The van der Waals surface area contributed by atoms with Crippen molar-refractivity contribution in [2.45, 2.75) is 20.8 Å². The Hall–Kier alpha value is -4.33. The van der Waals surface area contributed by atoms with Gasteiger partial charge >= 0.3 is 0 Å². The fourth-order valence-corrected chi connectivity index (χ4v) is 3.12. The lowest BCUT2D eigenvalue weighted by molar-refractivity contribution is -0.118. The van der Waals surface area contributed by atoms with Crippen molar-refractivity contribution in [2.75, 3.05) is 25.6 Å². The highest BCUT2D eigenvalue weighted by atomic mass is 16.5. The van der Waals surface area contributed by atoms with Crippen molar-refractivity contribution in [3.63, 3.8) is 0 Å². The molecule has 0 heterocycles. The van der Waals surface area contributed by atoms with Gasteiger partial charge in [0.1, 0.15) is 5.75 Å². The number of nitrogens with one attached hydrogen (secondary N) is 2. The molecule has 0 aromatic heterocycles. The largest absolute Gasteiger partial charge is 0.497 e. The second kappa shape index (κ2) is 12.2. The van der Waals surface area contributed by atoms with E-state index >= 15 is 0 Å². The van der Waals surface area contributed by atoms with E-state index in [1.54, 1.807) is 49.6 Å². The number of methoxy groups -OCH3 is 1. The molecule has 182 valence electrons. The molecular weight excluding hydrogens is 446 g/mol. The maximum absolute atomic E-state index is 12.3. The summed E-state index contributed by atoms with van der Waals surface area (Å²) in [5.41, 5.74) is 6.61. The predicted octanol–water partition coefficient (Wildman–Crippen LogP) is 4.49. The summed E-state index contributed by atoms with van der Waals surface area (Å²) < 4.78 is 16.4. The summed E-state index contributed by atoms with van der Waals surface area (Å²) in [6.45, 7) is 6.11. The number of anilines is 1. The number of hydrazone groups is 1. The van der Waals surface area contributed by atoms with Crippen LogP contribution < -0.4 is 25.0 Å². The average Bonchev–Trinajstić information content (AvgIpc) is 2.86. The Kier molecular flexibility index (Phi) is 8.83. The first-order chi connectivity index (χ1) is 16.9. The van der Waals surface area contributed by atoms with E-state index in [0.29, 0.717) is 35.0 Å². The number of carbonyl (C=O) groups is 2. The Morgan fingerprint density at radius 1 is 0.914 bits per heavy atom. The van der Waals surface area contributed by atoms with Crippen molar-refractivity contribution < 1.29 is 23.8 Å². The normalized spacial score (nSPS) is 10.6. The highest BCUT2D eigenvalue weighted by Crippen LogP contribution is 2.28. The summed E-state index contributed by atoms with van der Waals surface area (Å²) in [7, 11) is 1.56. The van der Waals surface area contributed by atoms with Gasteiger partial charge in [0.15, 0.2) is 18.1 Å². The number of amides is 2. The summed E-state index contributed by atoms with van der Waals surface area (Å²) in [6, 6.07) is 17.6. The molecule has 0 radical (unpaired) electrons. The van der Waals surface area contributed by atoms with Gasteiger partial charge in [-0.1, -0.05) is 6.07 Å². The Morgan fingerprint density at radius 2 is 1.69 bits per heavy atom. The summed E-state index contributed by atoms with van der Waals surface area (Å²) in [6.07, 6.45) is 1.50. The van der Waals surface area contributed by atoms with Crippen LogP contribution in [0.3, 0.4) is 0 Å². The number of hydrogen-bond acceptors (Lipinski definition) is 6. The van der Waals surface area contributed by atoms with Crippen LogP contribution in [0.4, 0.5) is 5.69 Å². The van der Waals surface area contributed by atoms with E-state index in [0.717, 1.165) is 16.8 Å². The zero-order valence-corrected chi connectivity index (χ0v) is 20.3. The summed E-state index contributed by atoms with van der Waals surface area (Å²) in [4.78, 5) is 24.6. The van der Waals surface area contributed by atoms with Crippen molar-refractivity contribution in [3.05, 3.63) is 82.9 Å². The molecule has 8 nitrogen and oxygen atoms in total. The molecule has 0 aliphatic rings. The third-order valence-electron chi connectivity index (χ3n) is 5.15. The van der Waals surface area contributed by atoms with Gasteiger partial charge in [0.2, 0.25) is 0 Å². The standard InChI is InChI=1S/C27H29N3O5/c1-5-34-25-15-20(16-28-30-27(32)21-8-11-23(33-4)12-9-21)7-13-24(25)35-17-26(31)29-22-10-6-18(2)19(3)14-22/h6-16H,5,17H2,1-4H3,(H,29,31)(H,30,32). The molecule has 0 unspecified atom stereocenters. The average molecular weight is 476 g/mol. The quantitative estimate of drug-likeness (QED) is 0.333. The minimum Gasteiger partial charge on any atom is -0.497 e. The van der Waals surface area contributed by atoms with Gasteiger partial charge in [-0.05, 0) is 92.1 Å². The van der Waals surface area contributed by atoms with Gasteiger partial charge in [0, 0.05) is 11.3 Å². The molecule has 2 N–H and O–H groups in total. The van der Waals surface area contributed by atoms with Gasteiger partial charge in [-0.2, -0.15) is 5.10 Å². The SMILES string of the molecule is CCOc1cc(C=NNC(=O)c2ccc(OC)cc2)ccc1OCC(=O)Nc1ccc(C)c(C)c1. The lowest BCUT2D eigenvalue weighted by Gasteiger charge is -2.13. The number of nitrogens with zero attached hydrogens (tertiary/aromatic N) is 1. The molecule has 3 aromatic carbocycles. The van der Waals surface area contributed by atoms with Crippen LogP contribution in [0.5, 0.6) is 17.2 Å². The Balaban J connectivity index is 1.59. The summed E-state index contributed by atoms with van der Waals surface area (Å²) in [5, 5.41) is 6.84. The van der Waals surface area contributed by atoms with Gasteiger partial charge in [-0.3, -0.25) is 9.59 Å². The van der Waals surface area contributed by atoms with Crippen molar-refractivity contribution in [3.8, 4) is 17.2 Å². The van der Waals surface area contributed by atoms with Crippen LogP contribution in [-0.4, -0.2) is 38.4 Å². The van der Waals surface area contributed by atoms with Crippen molar-refractivity contribution in [1.82, 2.24) is 5.43 Å². The first-order valence-corrected chi connectivity index (χ1v) is 11.1. The van der Waals surface area contributed by atoms with E-state index in [9.17, 15) is 9.59 Å². The zero-order valence-electron chi connectivity index (χ0n) is 20.3. The molecule has 0 atom stereocenters. The van der Waals surface area contributed by atoms with Gasteiger partial charge < -0.3 is 19.5 Å². The predicted molar refractivity (Wildman–Crippen MR) is 136 cm³/mol. The lowest BCUT2D eigenvalue weighted by atomic mass is 10.1. The van der Waals surface area contributed by atoms with Crippen LogP contribution in [0, 0.1) is 13.8 Å². The molecule has 3 aromatic rings. The Morgan fingerprint density at radius 3 is 2.37 bits per heavy atom. The number of hydrogen-bond donors (Lipinski definition) is 2. The van der Waals surface area contributed by atoms with Gasteiger partial charge in [0.05, 0.1) is 19.9 Å². The number of benzene rings is 3. The fraction of sp³-hybridized carbons (Fsp3) is 0.222.